The van der Waals surface area contributed by atoms with Gasteiger partial charge >= 0.3 is 6.61 Å². The minimum Gasteiger partial charge on any atom is -0.496 e. The predicted molar refractivity (Wildman–Crippen MR) is 144 cm³/mol. The average Bonchev–Trinajstić information content (AvgIpc) is 3.52. The number of halogens is 6. The van der Waals surface area contributed by atoms with E-state index in [2.05, 4.69) is 14.9 Å². The van der Waals surface area contributed by atoms with Crippen LogP contribution >= 0.6 is 0 Å². The van der Waals surface area contributed by atoms with E-state index in [1.807, 2.05) is 0 Å². The second-order valence-corrected chi connectivity index (χ2v) is 10.5. The first-order valence-electron chi connectivity index (χ1n) is 13.2. The third-order valence-corrected chi connectivity index (χ3v) is 7.23. The third kappa shape index (κ3) is 5.66. The molecule has 1 atom stereocenters. The smallest absolute Gasteiger partial charge is 0.387 e. The van der Waals surface area contributed by atoms with Crippen LogP contribution in [-0.4, -0.2) is 85.5 Å². The molecule has 0 saturated carbocycles. The number of hydrogen-bond donors (Lipinski definition) is 2. The molecule has 1 fully saturated rings. The van der Waals surface area contributed by atoms with Gasteiger partial charge in [-0.2, -0.15) is 19.0 Å². The summed E-state index contributed by atoms with van der Waals surface area (Å²) >= 11 is 0. The number of hydrogen-bond acceptors (Lipinski definition) is 7. The number of ether oxygens (including phenoxy) is 2. The zero-order valence-corrected chi connectivity index (χ0v) is 23.5. The van der Waals surface area contributed by atoms with E-state index in [0.29, 0.717) is 11.1 Å². The van der Waals surface area contributed by atoms with Gasteiger partial charge in [0.05, 0.1) is 50.3 Å². The topological polar surface area (TPSA) is 115 Å². The number of aliphatic hydroxyl groups is 2. The van der Waals surface area contributed by atoms with Gasteiger partial charge in [-0.3, -0.25) is 14.2 Å². The molecule has 16 heteroatoms. The summed E-state index contributed by atoms with van der Waals surface area (Å²) in [6.45, 7) is -3.18. The number of rotatable bonds is 10. The first-order valence-corrected chi connectivity index (χ1v) is 13.2. The van der Waals surface area contributed by atoms with E-state index in [4.69, 9.17) is 4.74 Å². The van der Waals surface area contributed by atoms with Crippen LogP contribution in [0, 0.1) is 0 Å². The highest BCUT2D eigenvalue weighted by Gasteiger charge is 2.51. The van der Waals surface area contributed by atoms with Gasteiger partial charge in [-0.1, -0.05) is 0 Å². The molecular formula is C28H27F6N5O5. The Balaban J connectivity index is 1.63. The number of likely N-dealkylation sites (tertiary alicyclic amines) is 1. The zero-order chi connectivity index (χ0) is 32.1. The molecule has 1 aliphatic heterocycles. The Bertz CT molecular complexity index is 1700. The lowest BCUT2D eigenvalue weighted by Crippen LogP contribution is -2.67. The number of benzene rings is 2. The number of aryl methyl sites for hydroxylation is 1. The highest BCUT2D eigenvalue weighted by molar-refractivity contribution is 6.03. The minimum absolute atomic E-state index is 0.00325. The molecule has 4 aromatic rings. The lowest BCUT2D eigenvalue weighted by atomic mass is 9.93. The van der Waals surface area contributed by atoms with E-state index in [1.54, 1.807) is 19.2 Å². The lowest BCUT2D eigenvalue weighted by Gasteiger charge is -2.45. The van der Waals surface area contributed by atoms with Gasteiger partial charge < -0.3 is 24.6 Å². The number of β-amino-alcohol motifs (C(OH)–C–C–N with tert-alkyl or cyclic N) is 1. The number of amides is 1. The monoisotopic (exact) mass is 627 g/mol. The summed E-state index contributed by atoms with van der Waals surface area (Å²) in [4.78, 5) is 14.0. The molecule has 1 aliphatic rings. The largest absolute Gasteiger partial charge is 0.496 e. The molecular weight excluding hydrogens is 600 g/mol. The van der Waals surface area contributed by atoms with E-state index in [9.17, 15) is 41.4 Å². The number of carbonyl (C=O) groups is 1. The minimum atomic E-state index is -3.42. The summed E-state index contributed by atoms with van der Waals surface area (Å²) in [6.07, 6.45) is -3.79. The predicted octanol–water partition coefficient (Wildman–Crippen LogP) is 4.48. The van der Waals surface area contributed by atoms with Crippen LogP contribution in [0.2, 0.25) is 0 Å². The maximum Gasteiger partial charge on any atom is 0.387 e. The fraction of sp³-hybridized carbons (Fsp3) is 0.393. The number of carbonyl (C=O) groups excluding carboxylic acids is 1. The van der Waals surface area contributed by atoms with Crippen molar-refractivity contribution in [2.45, 2.75) is 44.6 Å². The van der Waals surface area contributed by atoms with Gasteiger partial charge in [0, 0.05) is 35.3 Å². The number of nitrogens with zero attached hydrogens (tertiary/aromatic N) is 5. The van der Waals surface area contributed by atoms with E-state index >= 15 is 0 Å². The van der Waals surface area contributed by atoms with Crippen molar-refractivity contribution in [1.82, 2.24) is 24.5 Å². The fourth-order valence-corrected chi connectivity index (χ4v) is 5.25. The maximum atomic E-state index is 14.5. The Hall–Kier alpha value is -4.31. The summed E-state index contributed by atoms with van der Waals surface area (Å²) in [5, 5.41) is 28.0. The SMILES string of the molecule is COc1cc(-c2c3c(C(F)F)cc(-c4cnn(C[C@H](C)O)c4)cc3nn2C)cc(OC(F)F)c1C(=O)N1CC(O)(C(F)F)C1. The Kier molecular flexibility index (Phi) is 8.24. The highest BCUT2D eigenvalue weighted by Crippen LogP contribution is 2.43. The molecule has 0 aliphatic carbocycles. The first-order chi connectivity index (χ1) is 20.7. The van der Waals surface area contributed by atoms with Crippen molar-refractivity contribution in [3.8, 4) is 33.9 Å². The summed E-state index contributed by atoms with van der Waals surface area (Å²) in [5.41, 5.74) is -2.29. The number of fused-ring (bicyclic) bond motifs is 1. The molecule has 2 N–H and O–H groups in total. The molecule has 0 unspecified atom stereocenters. The van der Waals surface area contributed by atoms with Gasteiger partial charge in [0.2, 0.25) is 0 Å². The van der Waals surface area contributed by atoms with Crippen LogP contribution in [0.25, 0.3) is 33.3 Å². The van der Waals surface area contributed by atoms with Crippen LogP contribution in [0.3, 0.4) is 0 Å². The van der Waals surface area contributed by atoms with E-state index < -0.39 is 67.0 Å². The summed E-state index contributed by atoms with van der Waals surface area (Å²) in [5.74, 6) is -2.01. The Morgan fingerprint density at radius 1 is 1.05 bits per heavy atom. The van der Waals surface area contributed by atoms with Gasteiger partial charge in [-0.25, -0.2) is 17.6 Å². The standard InChI is InChI=1S/C28H27F6N5O5/c1-13(40)9-39-10-16(8-35-39)14-4-17(24(29)30)21-18(5-14)36-37(2)23(21)15-6-19(43-3)22(20(7-15)44-27(33)34)25(41)38-11-28(42,12-38)26(31)32/h4-8,10,13,24,26-27,40,42H,9,11-12H2,1-3H3/t13-/m0/s1. The first kappa shape index (κ1) is 31.1. The van der Waals surface area contributed by atoms with Gasteiger partial charge in [-0.15, -0.1) is 0 Å². The fourth-order valence-electron chi connectivity index (χ4n) is 5.25. The van der Waals surface area contributed by atoms with Crippen molar-refractivity contribution in [2.24, 2.45) is 7.05 Å². The van der Waals surface area contributed by atoms with Crippen LogP contribution in [0.5, 0.6) is 11.5 Å². The number of aliphatic hydroxyl groups excluding tert-OH is 1. The van der Waals surface area contributed by atoms with E-state index in [0.717, 1.165) is 18.1 Å². The summed E-state index contributed by atoms with van der Waals surface area (Å²) in [7, 11) is 2.58. The molecule has 236 valence electrons. The Labute approximate surface area is 246 Å². The lowest BCUT2D eigenvalue weighted by molar-refractivity contribution is -0.166. The molecule has 10 nitrogen and oxygen atoms in total. The molecule has 1 saturated heterocycles. The summed E-state index contributed by atoms with van der Waals surface area (Å²) < 4.78 is 95.0. The zero-order valence-electron chi connectivity index (χ0n) is 23.5. The highest BCUT2D eigenvalue weighted by atomic mass is 19.3. The second kappa shape index (κ2) is 11.6. The number of aromatic nitrogens is 4. The van der Waals surface area contributed by atoms with Crippen molar-refractivity contribution in [1.29, 1.82) is 0 Å². The van der Waals surface area contributed by atoms with Crippen molar-refractivity contribution >= 4 is 16.8 Å². The quantitative estimate of drug-likeness (QED) is 0.249. The van der Waals surface area contributed by atoms with Crippen LogP contribution in [0.4, 0.5) is 26.3 Å². The molecule has 2 aromatic carbocycles. The molecule has 0 bridgehead atoms. The molecule has 5 rings (SSSR count). The van der Waals surface area contributed by atoms with Gasteiger partial charge in [-0.05, 0) is 36.8 Å². The summed E-state index contributed by atoms with van der Waals surface area (Å²) in [6, 6.07) is 5.07. The Morgan fingerprint density at radius 2 is 1.73 bits per heavy atom. The average molecular weight is 628 g/mol. The second-order valence-electron chi connectivity index (χ2n) is 10.5. The normalized spacial score (nSPS) is 15.4. The number of methoxy groups -OCH3 is 1. The van der Waals surface area contributed by atoms with Gasteiger partial charge in [0.1, 0.15) is 17.1 Å². The van der Waals surface area contributed by atoms with Crippen LogP contribution in [-0.2, 0) is 13.6 Å². The molecule has 0 spiro atoms. The molecule has 3 heterocycles. The van der Waals surface area contributed by atoms with Crippen molar-refractivity contribution in [3.05, 3.63) is 47.8 Å². The molecule has 2 aromatic heterocycles. The molecule has 44 heavy (non-hydrogen) atoms. The van der Waals surface area contributed by atoms with Gasteiger partial charge in [0.25, 0.3) is 18.8 Å². The van der Waals surface area contributed by atoms with Gasteiger partial charge in [0.15, 0.2) is 5.60 Å². The van der Waals surface area contributed by atoms with Crippen LogP contribution in [0.15, 0.2) is 36.7 Å². The third-order valence-electron chi connectivity index (χ3n) is 7.23. The van der Waals surface area contributed by atoms with Crippen LogP contribution < -0.4 is 9.47 Å². The molecule has 0 radical (unpaired) electrons. The van der Waals surface area contributed by atoms with Crippen molar-refractivity contribution < 1.29 is 50.8 Å². The molecule has 1 amide bonds. The van der Waals surface area contributed by atoms with E-state index in [-0.39, 0.29) is 34.5 Å². The maximum absolute atomic E-state index is 14.5. The Morgan fingerprint density at radius 3 is 2.32 bits per heavy atom. The van der Waals surface area contributed by atoms with Crippen molar-refractivity contribution in [2.75, 3.05) is 20.2 Å². The van der Waals surface area contributed by atoms with Crippen LogP contribution in [0.1, 0.15) is 29.3 Å². The number of alkyl halides is 6. The van der Waals surface area contributed by atoms with E-state index in [1.165, 1.54) is 34.7 Å². The van der Waals surface area contributed by atoms with Crippen molar-refractivity contribution in [3.63, 3.8) is 0 Å².